The third-order valence-corrected chi connectivity index (χ3v) is 3.29. The average Bonchev–Trinajstić information content (AvgIpc) is 2.34. The molecule has 0 N–H and O–H groups in total. The van der Waals surface area contributed by atoms with E-state index in [-0.39, 0.29) is 5.82 Å². The number of nitrogens with zero attached hydrogens (tertiary/aromatic N) is 1. The summed E-state index contributed by atoms with van der Waals surface area (Å²) in [4.78, 5) is 2.37. The number of hydrogen-bond donors (Lipinski definition) is 0. The number of rotatable bonds is 8. The Morgan fingerprint density at radius 3 is 2.39 bits per heavy atom. The van der Waals surface area contributed by atoms with Gasteiger partial charge < -0.3 is 4.74 Å². The molecule has 1 aromatic carbocycles. The molecular weight excluding hydrogens is 297 g/mol. The van der Waals surface area contributed by atoms with E-state index in [4.69, 9.17) is 4.74 Å². The molecule has 18 heavy (non-hydrogen) atoms. The third kappa shape index (κ3) is 5.36. The SMILES string of the molecule is CCCN(CCC)CCOc1ccc(Br)c(F)c1. The zero-order valence-corrected chi connectivity index (χ0v) is 12.7. The monoisotopic (exact) mass is 317 g/mol. The molecule has 1 aromatic rings. The summed E-state index contributed by atoms with van der Waals surface area (Å²) in [5.74, 6) is 0.301. The molecule has 0 atom stereocenters. The molecule has 0 saturated heterocycles. The molecule has 0 spiro atoms. The van der Waals surface area contributed by atoms with Crippen molar-refractivity contribution < 1.29 is 9.13 Å². The summed E-state index contributed by atoms with van der Waals surface area (Å²) in [5, 5.41) is 0. The smallest absolute Gasteiger partial charge is 0.141 e. The lowest BCUT2D eigenvalue weighted by Crippen LogP contribution is -2.30. The second kappa shape index (κ2) is 8.48. The highest BCUT2D eigenvalue weighted by Crippen LogP contribution is 2.20. The highest BCUT2D eigenvalue weighted by atomic mass is 79.9. The maximum Gasteiger partial charge on any atom is 0.141 e. The number of benzene rings is 1. The standard InChI is InChI=1S/C14H21BrFNO/c1-3-7-17(8-4-2)9-10-18-12-5-6-13(15)14(16)11-12/h5-6,11H,3-4,7-10H2,1-2H3. The molecule has 0 bridgehead atoms. The summed E-state index contributed by atoms with van der Waals surface area (Å²) in [7, 11) is 0. The second-order valence-electron chi connectivity index (χ2n) is 4.27. The molecule has 0 fully saturated rings. The minimum atomic E-state index is -0.286. The van der Waals surface area contributed by atoms with Crippen LogP contribution in [0.25, 0.3) is 0 Å². The van der Waals surface area contributed by atoms with Crippen LogP contribution in [0.1, 0.15) is 26.7 Å². The van der Waals surface area contributed by atoms with Crippen molar-refractivity contribution >= 4 is 15.9 Å². The van der Waals surface area contributed by atoms with E-state index in [1.165, 1.54) is 6.07 Å². The molecule has 0 amide bonds. The lowest BCUT2D eigenvalue weighted by molar-refractivity contribution is 0.208. The minimum Gasteiger partial charge on any atom is -0.492 e. The molecular formula is C14H21BrFNO. The zero-order valence-electron chi connectivity index (χ0n) is 11.1. The normalized spacial score (nSPS) is 10.9. The maximum atomic E-state index is 13.3. The third-order valence-electron chi connectivity index (χ3n) is 2.65. The van der Waals surface area contributed by atoms with E-state index >= 15 is 0 Å². The first-order valence-electron chi connectivity index (χ1n) is 6.47. The van der Waals surface area contributed by atoms with Crippen LogP contribution in [0.5, 0.6) is 5.75 Å². The van der Waals surface area contributed by atoms with Gasteiger partial charge in [0.05, 0.1) is 4.47 Å². The van der Waals surface area contributed by atoms with Gasteiger partial charge in [-0.25, -0.2) is 4.39 Å². The zero-order chi connectivity index (χ0) is 13.4. The van der Waals surface area contributed by atoms with Crippen LogP contribution >= 0.6 is 15.9 Å². The van der Waals surface area contributed by atoms with Gasteiger partial charge >= 0.3 is 0 Å². The van der Waals surface area contributed by atoms with Crippen molar-refractivity contribution in [3.63, 3.8) is 0 Å². The van der Waals surface area contributed by atoms with Gasteiger partial charge in [-0.15, -0.1) is 0 Å². The van der Waals surface area contributed by atoms with E-state index in [0.717, 1.165) is 32.5 Å². The van der Waals surface area contributed by atoms with Gasteiger partial charge in [-0.1, -0.05) is 13.8 Å². The molecule has 0 radical (unpaired) electrons. The molecule has 0 unspecified atom stereocenters. The van der Waals surface area contributed by atoms with Gasteiger partial charge in [-0.05, 0) is 54.0 Å². The maximum absolute atomic E-state index is 13.3. The molecule has 0 aliphatic heterocycles. The highest BCUT2D eigenvalue weighted by molar-refractivity contribution is 9.10. The van der Waals surface area contributed by atoms with Crippen LogP contribution in [0.15, 0.2) is 22.7 Å². The van der Waals surface area contributed by atoms with Crippen molar-refractivity contribution in [3.8, 4) is 5.75 Å². The quantitative estimate of drug-likeness (QED) is 0.716. The number of ether oxygens (including phenoxy) is 1. The Kier molecular flexibility index (Phi) is 7.28. The largest absolute Gasteiger partial charge is 0.492 e. The molecule has 0 saturated carbocycles. The Bertz CT molecular complexity index is 354. The lowest BCUT2D eigenvalue weighted by atomic mass is 10.3. The van der Waals surface area contributed by atoms with Gasteiger partial charge in [0.2, 0.25) is 0 Å². The van der Waals surface area contributed by atoms with Crippen molar-refractivity contribution in [2.45, 2.75) is 26.7 Å². The van der Waals surface area contributed by atoms with Gasteiger partial charge in [0.1, 0.15) is 18.2 Å². The van der Waals surface area contributed by atoms with Crippen LogP contribution in [0.2, 0.25) is 0 Å². The summed E-state index contributed by atoms with van der Waals surface area (Å²) in [6.45, 7) is 8.01. The lowest BCUT2D eigenvalue weighted by Gasteiger charge is -2.20. The van der Waals surface area contributed by atoms with Crippen LogP contribution in [0, 0.1) is 5.82 Å². The highest BCUT2D eigenvalue weighted by Gasteiger charge is 2.04. The molecule has 0 aliphatic rings. The minimum absolute atomic E-state index is 0.286. The molecule has 0 heterocycles. The molecule has 0 aliphatic carbocycles. The molecule has 2 nitrogen and oxygen atoms in total. The Morgan fingerprint density at radius 1 is 1.17 bits per heavy atom. The summed E-state index contributed by atoms with van der Waals surface area (Å²) in [5.41, 5.74) is 0. The van der Waals surface area contributed by atoms with Crippen LogP contribution < -0.4 is 4.74 Å². The second-order valence-corrected chi connectivity index (χ2v) is 5.12. The van der Waals surface area contributed by atoms with E-state index < -0.39 is 0 Å². The Balaban J connectivity index is 2.37. The van der Waals surface area contributed by atoms with E-state index in [2.05, 4.69) is 34.7 Å². The number of hydrogen-bond acceptors (Lipinski definition) is 2. The fourth-order valence-electron chi connectivity index (χ4n) is 1.83. The molecule has 102 valence electrons. The topological polar surface area (TPSA) is 12.5 Å². The summed E-state index contributed by atoms with van der Waals surface area (Å²) in [6, 6.07) is 4.85. The van der Waals surface area contributed by atoms with Gasteiger partial charge in [-0.2, -0.15) is 0 Å². The Hall–Kier alpha value is -0.610. The van der Waals surface area contributed by atoms with Crippen LogP contribution in [-0.2, 0) is 0 Å². The Morgan fingerprint density at radius 2 is 1.83 bits per heavy atom. The molecule has 4 heteroatoms. The van der Waals surface area contributed by atoms with Crippen molar-refractivity contribution in [2.75, 3.05) is 26.2 Å². The van der Waals surface area contributed by atoms with E-state index in [9.17, 15) is 4.39 Å². The predicted molar refractivity (Wildman–Crippen MR) is 76.6 cm³/mol. The molecule has 1 rings (SSSR count). The average molecular weight is 318 g/mol. The van der Waals surface area contributed by atoms with Crippen molar-refractivity contribution in [1.29, 1.82) is 0 Å². The van der Waals surface area contributed by atoms with E-state index in [0.29, 0.717) is 16.8 Å². The summed E-state index contributed by atoms with van der Waals surface area (Å²) >= 11 is 3.12. The fourth-order valence-corrected chi connectivity index (χ4v) is 2.07. The first kappa shape index (κ1) is 15.4. The van der Waals surface area contributed by atoms with Crippen molar-refractivity contribution in [2.24, 2.45) is 0 Å². The number of halogens is 2. The van der Waals surface area contributed by atoms with E-state index in [1.807, 2.05) is 0 Å². The van der Waals surface area contributed by atoms with Crippen LogP contribution in [0.3, 0.4) is 0 Å². The fraction of sp³-hybridized carbons (Fsp3) is 0.571. The van der Waals surface area contributed by atoms with Gasteiger partial charge in [0.25, 0.3) is 0 Å². The Labute approximate surface area is 117 Å². The van der Waals surface area contributed by atoms with Gasteiger partial charge in [0.15, 0.2) is 0 Å². The van der Waals surface area contributed by atoms with Crippen LogP contribution in [-0.4, -0.2) is 31.1 Å². The first-order valence-corrected chi connectivity index (χ1v) is 7.26. The van der Waals surface area contributed by atoms with Crippen molar-refractivity contribution in [1.82, 2.24) is 4.90 Å². The summed E-state index contributed by atoms with van der Waals surface area (Å²) < 4.78 is 19.3. The predicted octanol–water partition coefficient (Wildman–Crippen LogP) is 4.09. The summed E-state index contributed by atoms with van der Waals surface area (Å²) in [6.07, 6.45) is 2.29. The van der Waals surface area contributed by atoms with Crippen molar-refractivity contribution in [3.05, 3.63) is 28.5 Å². The molecule has 0 aromatic heterocycles. The first-order chi connectivity index (χ1) is 8.67. The van der Waals surface area contributed by atoms with Gasteiger partial charge in [-0.3, -0.25) is 4.90 Å². The van der Waals surface area contributed by atoms with Crippen LogP contribution in [0.4, 0.5) is 4.39 Å². The van der Waals surface area contributed by atoms with E-state index in [1.54, 1.807) is 12.1 Å². The van der Waals surface area contributed by atoms with Gasteiger partial charge in [0, 0.05) is 12.6 Å².